The molecule has 0 spiro atoms. The molecule has 6 heteroatoms. The molecule has 1 aliphatic heterocycles. The van der Waals surface area contributed by atoms with Crippen LogP contribution in [0.3, 0.4) is 0 Å². The molecule has 0 bridgehead atoms. The Bertz CT molecular complexity index is 456. The lowest BCUT2D eigenvalue weighted by Gasteiger charge is -2.42. The Morgan fingerprint density at radius 2 is 2.37 bits per heavy atom. The van der Waals surface area contributed by atoms with Crippen molar-refractivity contribution in [3.63, 3.8) is 0 Å². The largest absolute Gasteiger partial charge is 0.382 e. The van der Waals surface area contributed by atoms with E-state index >= 15 is 0 Å². The molecule has 6 nitrogen and oxygen atoms in total. The molecule has 1 aliphatic rings. The summed E-state index contributed by atoms with van der Waals surface area (Å²) < 4.78 is 12.8. The van der Waals surface area contributed by atoms with Gasteiger partial charge >= 0.3 is 0 Å². The number of nitrogens with zero attached hydrogens (tertiary/aromatic N) is 3. The molecule has 1 aromatic heterocycles. The van der Waals surface area contributed by atoms with Gasteiger partial charge in [0.15, 0.2) is 0 Å². The molecule has 1 aromatic rings. The number of hydrogen-bond acceptors (Lipinski definition) is 4. The Morgan fingerprint density at radius 1 is 1.63 bits per heavy atom. The summed E-state index contributed by atoms with van der Waals surface area (Å²) in [7, 11) is 3.48. The van der Waals surface area contributed by atoms with Crippen LogP contribution in [0.2, 0.25) is 0 Å². The molecule has 19 heavy (non-hydrogen) atoms. The number of amides is 1. The van der Waals surface area contributed by atoms with Crippen LogP contribution < -0.4 is 0 Å². The predicted molar refractivity (Wildman–Crippen MR) is 69.9 cm³/mol. The van der Waals surface area contributed by atoms with Crippen LogP contribution in [0.25, 0.3) is 0 Å². The number of rotatable bonds is 3. The molecule has 1 amide bonds. The van der Waals surface area contributed by atoms with Crippen LogP contribution >= 0.6 is 0 Å². The molecular weight excluding hydrogens is 246 g/mol. The maximum absolute atomic E-state index is 12.4. The fourth-order valence-corrected chi connectivity index (χ4v) is 2.41. The lowest BCUT2D eigenvalue weighted by molar-refractivity contribution is -0.143. The first kappa shape index (κ1) is 14.0. The van der Waals surface area contributed by atoms with E-state index in [4.69, 9.17) is 9.47 Å². The van der Waals surface area contributed by atoms with Crippen molar-refractivity contribution in [2.75, 3.05) is 26.8 Å². The second-order valence-electron chi connectivity index (χ2n) is 5.56. The van der Waals surface area contributed by atoms with E-state index in [1.54, 1.807) is 29.1 Å². The van der Waals surface area contributed by atoms with Crippen molar-refractivity contribution < 1.29 is 14.3 Å². The van der Waals surface area contributed by atoms with Gasteiger partial charge < -0.3 is 18.9 Å². The zero-order valence-electron chi connectivity index (χ0n) is 11.9. The number of carbonyl (C=O) groups is 1. The van der Waals surface area contributed by atoms with Gasteiger partial charge in [0.2, 0.25) is 0 Å². The highest BCUT2D eigenvalue weighted by Gasteiger charge is 2.36. The summed E-state index contributed by atoms with van der Waals surface area (Å²) in [6, 6.07) is 0. The molecule has 0 aliphatic carbocycles. The standard InChI is InChI=1S/C13H21N3O3/c1-13(2)8-16(5-10(19-13)7-18-4)12(17)11-6-15(3)9-14-11/h6,9-10H,5,7-8H2,1-4H3/t10-/m0/s1. The first-order chi connectivity index (χ1) is 8.91. The summed E-state index contributed by atoms with van der Waals surface area (Å²) in [6.07, 6.45) is 3.27. The second kappa shape index (κ2) is 5.30. The Morgan fingerprint density at radius 3 is 2.95 bits per heavy atom. The molecule has 1 saturated heterocycles. The minimum Gasteiger partial charge on any atom is -0.382 e. The van der Waals surface area contributed by atoms with Crippen molar-refractivity contribution in [3.05, 3.63) is 18.2 Å². The Kier molecular flexibility index (Phi) is 3.91. The van der Waals surface area contributed by atoms with Gasteiger partial charge in [-0.05, 0) is 13.8 Å². The minimum atomic E-state index is -0.369. The fraction of sp³-hybridized carbons (Fsp3) is 0.692. The lowest BCUT2D eigenvalue weighted by Crippen LogP contribution is -2.55. The van der Waals surface area contributed by atoms with Crippen molar-refractivity contribution >= 4 is 5.91 Å². The molecule has 1 fully saturated rings. The van der Waals surface area contributed by atoms with E-state index < -0.39 is 0 Å². The number of morpholine rings is 1. The summed E-state index contributed by atoms with van der Waals surface area (Å²) in [5.74, 6) is -0.0573. The Balaban J connectivity index is 2.12. The topological polar surface area (TPSA) is 56.6 Å². The average molecular weight is 267 g/mol. The number of aryl methyl sites for hydroxylation is 1. The van der Waals surface area contributed by atoms with Gasteiger partial charge in [0.1, 0.15) is 5.69 Å². The van der Waals surface area contributed by atoms with E-state index in [2.05, 4.69) is 4.98 Å². The molecule has 1 atom stereocenters. The first-order valence-electron chi connectivity index (χ1n) is 6.35. The highest BCUT2D eigenvalue weighted by molar-refractivity contribution is 5.92. The summed E-state index contributed by atoms with van der Waals surface area (Å²) in [6.45, 7) is 5.53. The van der Waals surface area contributed by atoms with Crippen LogP contribution in [0.15, 0.2) is 12.5 Å². The SMILES string of the molecule is COC[C@@H]1CN(C(=O)c2cn(C)cn2)CC(C)(C)O1. The third-order valence-electron chi connectivity index (χ3n) is 3.05. The van der Waals surface area contributed by atoms with Gasteiger partial charge in [0.25, 0.3) is 5.91 Å². The number of carbonyl (C=O) groups excluding carboxylic acids is 1. The number of methoxy groups -OCH3 is 1. The van der Waals surface area contributed by atoms with Crippen molar-refractivity contribution in [2.45, 2.75) is 25.6 Å². The van der Waals surface area contributed by atoms with Gasteiger partial charge in [-0.1, -0.05) is 0 Å². The van der Waals surface area contributed by atoms with Crippen LogP contribution in [-0.2, 0) is 16.5 Å². The summed E-state index contributed by atoms with van der Waals surface area (Å²) in [5, 5.41) is 0. The van der Waals surface area contributed by atoms with Gasteiger partial charge in [-0.2, -0.15) is 0 Å². The molecule has 0 N–H and O–H groups in total. The summed E-state index contributed by atoms with van der Waals surface area (Å²) in [5.41, 5.74) is 0.0997. The molecule has 0 aromatic carbocycles. The minimum absolute atomic E-state index is 0.0573. The predicted octanol–water partition coefficient (Wildman–Crippen LogP) is 0.686. The summed E-state index contributed by atoms with van der Waals surface area (Å²) >= 11 is 0. The number of hydrogen-bond donors (Lipinski definition) is 0. The van der Waals surface area contributed by atoms with Crippen LogP contribution in [0.4, 0.5) is 0 Å². The molecule has 0 radical (unpaired) electrons. The Hall–Kier alpha value is -1.40. The highest BCUT2D eigenvalue weighted by atomic mass is 16.5. The van der Waals surface area contributed by atoms with E-state index in [0.717, 1.165) is 0 Å². The van der Waals surface area contributed by atoms with Crippen LogP contribution in [0.1, 0.15) is 24.3 Å². The van der Waals surface area contributed by atoms with Gasteiger partial charge in [0, 0.05) is 33.4 Å². The first-order valence-corrected chi connectivity index (χ1v) is 6.35. The quantitative estimate of drug-likeness (QED) is 0.808. The van der Waals surface area contributed by atoms with Gasteiger partial charge in [0.05, 0.1) is 24.6 Å². The zero-order valence-corrected chi connectivity index (χ0v) is 11.9. The average Bonchev–Trinajstić information content (AvgIpc) is 2.73. The van der Waals surface area contributed by atoms with Crippen LogP contribution in [-0.4, -0.2) is 58.9 Å². The van der Waals surface area contributed by atoms with E-state index in [1.165, 1.54) is 0 Å². The molecular formula is C13H21N3O3. The zero-order chi connectivity index (χ0) is 14.0. The van der Waals surface area contributed by atoms with Crippen molar-refractivity contribution in [1.82, 2.24) is 14.5 Å². The normalized spacial score (nSPS) is 22.5. The van der Waals surface area contributed by atoms with Crippen LogP contribution in [0.5, 0.6) is 0 Å². The van der Waals surface area contributed by atoms with E-state index in [9.17, 15) is 4.79 Å². The van der Waals surface area contributed by atoms with E-state index in [0.29, 0.717) is 25.4 Å². The van der Waals surface area contributed by atoms with E-state index in [1.807, 2.05) is 20.9 Å². The molecule has 0 unspecified atom stereocenters. The van der Waals surface area contributed by atoms with Crippen molar-refractivity contribution in [2.24, 2.45) is 7.05 Å². The maximum Gasteiger partial charge on any atom is 0.274 e. The third kappa shape index (κ3) is 3.33. The summed E-state index contributed by atoms with van der Waals surface area (Å²) in [4.78, 5) is 18.3. The second-order valence-corrected chi connectivity index (χ2v) is 5.56. The smallest absolute Gasteiger partial charge is 0.274 e. The monoisotopic (exact) mass is 267 g/mol. The number of imidazole rings is 1. The van der Waals surface area contributed by atoms with Crippen molar-refractivity contribution in [1.29, 1.82) is 0 Å². The van der Waals surface area contributed by atoms with Gasteiger partial charge in [-0.25, -0.2) is 4.98 Å². The number of aromatic nitrogens is 2. The molecule has 0 saturated carbocycles. The van der Waals surface area contributed by atoms with Crippen LogP contribution in [0, 0.1) is 0 Å². The van der Waals surface area contributed by atoms with Gasteiger partial charge in [-0.15, -0.1) is 0 Å². The number of ether oxygens (including phenoxy) is 2. The maximum atomic E-state index is 12.4. The molecule has 2 rings (SSSR count). The van der Waals surface area contributed by atoms with E-state index in [-0.39, 0.29) is 17.6 Å². The van der Waals surface area contributed by atoms with Gasteiger partial charge in [-0.3, -0.25) is 4.79 Å². The lowest BCUT2D eigenvalue weighted by atomic mass is 10.0. The Labute approximate surface area is 113 Å². The fourth-order valence-electron chi connectivity index (χ4n) is 2.41. The molecule has 2 heterocycles. The van der Waals surface area contributed by atoms with Crippen molar-refractivity contribution in [3.8, 4) is 0 Å². The third-order valence-corrected chi connectivity index (χ3v) is 3.05. The highest BCUT2D eigenvalue weighted by Crippen LogP contribution is 2.22. The molecule has 106 valence electrons.